The number of morpholine rings is 1. The molecule has 450 valence electrons. The number of nitrogens with two attached hydrogens (primary N) is 1. The number of hydrogen-bond donors (Lipinski definition) is 3. The summed E-state index contributed by atoms with van der Waals surface area (Å²) in [5, 5.41) is 12.3. The largest absolute Gasteiger partial charge is 0.493 e. The lowest BCUT2D eigenvalue weighted by molar-refractivity contribution is -0.590. The molecule has 13 nitrogen and oxygen atoms in total. The third-order valence-electron chi connectivity index (χ3n) is 10.9. The Morgan fingerprint density at radius 3 is 1.38 bits per heavy atom. The van der Waals surface area contributed by atoms with Gasteiger partial charge in [-0.25, -0.2) is 12.7 Å². The maximum absolute atomic E-state index is 11.9. The first-order valence-corrected chi connectivity index (χ1v) is 28.8. The zero-order valence-corrected chi connectivity index (χ0v) is 55.8. The van der Waals surface area contributed by atoms with E-state index in [9.17, 15) is 23.2 Å². The molecule has 2 saturated heterocycles. The van der Waals surface area contributed by atoms with Crippen LogP contribution in [0.25, 0.3) is 0 Å². The lowest BCUT2D eigenvalue weighted by Gasteiger charge is -2.38. The zero-order valence-electron chi connectivity index (χ0n) is 55.0. The van der Waals surface area contributed by atoms with E-state index in [0.29, 0.717) is 36.5 Å². The Morgan fingerprint density at radius 1 is 0.776 bits per heavy atom. The second kappa shape index (κ2) is 35.4. The average Bonchev–Trinajstić information content (AvgIpc) is 3.21. The molecule has 14 heteroatoms. The Kier molecular flexibility index (Phi) is 38.0. The lowest BCUT2D eigenvalue weighted by Crippen LogP contribution is -2.48. The van der Waals surface area contributed by atoms with Gasteiger partial charge in [0.2, 0.25) is 15.6 Å². The number of aliphatic hydroxyl groups is 1. The summed E-state index contributed by atoms with van der Waals surface area (Å²) in [6.07, 6.45) is 9.03. The maximum atomic E-state index is 11.9. The number of rotatable bonds is 6. The van der Waals surface area contributed by atoms with Crippen molar-refractivity contribution in [3.63, 3.8) is 0 Å². The van der Waals surface area contributed by atoms with Crippen molar-refractivity contribution in [3.8, 4) is 18.1 Å². The van der Waals surface area contributed by atoms with E-state index in [2.05, 4.69) is 104 Å². The summed E-state index contributed by atoms with van der Waals surface area (Å²) in [6.45, 7) is 66.1. The quantitative estimate of drug-likeness (QED) is 0.141. The van der Waals surface area contributed by atoms with E-state index in [1.165, 1.54) is 20.7 Å². The van der Waals surface area contributed by atoms with Crippen LogP contribution in [0.1, 0.15) is 213 Å². The van der Waals surface area contributed by atoms with Crippen LogP contribution >= 0.6 is 0 Å². The number of piperidine rings is 1. The van der Waals surface area contributed by atoms with E-state index in [1.807, 2.05) is 127 Å². The third-order valence-corrected chi connectivity index (χ3v) is 13.5. The van der Waals surface area contributed by atoms with Crippen LogP contribution in [-0.2, 0) is 24.3 Å². The van der Waals surface area contributed by atoms with Crippen molar-refractivity contribution < 1.29 is 37.3 Å². The molecular formula is C62H124N5O8S+. The third kappa shape index (κ3) is 50.3. The molecule has 2 heterocycles. The summed E-state index contributed by atoms with van der Waals surface area (Å²) >= 11 is 0. The number of nitrogens with zero attached hydrogens (tertiary/aromatic N) is 3. The SMILES string of the molecule is C#CC(C)(C)C.C=C(N)NCC(C)(C)C.CC(C)(C)C(C)(C)O.CC(C)(C)COc1ccccc1.CC(C)(C)S(=O)(=O)N1CCCCC1.COC(=O)C(C)(C)C.C[C@H]1CN(CC(C)(C)C)C[C@H](C)O1.C[N+](=O)C(C)(C)C. The number of nitrogens with one attached hydrogen (secondary N) is 1. The van der Waals surface area contributed by atoms with Crippen LogP contribution in [0, 0.1) is 49.7 Å². The number of benzene rings is 1. The standard InChI is InChI=1S/C11H23NO.C11H16O.C9H19NO2S.C7H16N2.C7H16O.C6H12O2.C6H10.C5H12NO/c1-9-6-12(7-10(2)13-9)8-11(3,4)5;1-11(2,3)9-12-10-7-5-4-6-8-10;1-9(2,3)13(11,12)10-7-5-4-6-8-10;1-6(8)9-5-7(2,3)4;1-6(2,3)7(4,5)8;1-6(2,3)5(7)8-4;1-5-6(2,3)4;1-5(2,3)6(4)7/h9-10H,6-8H2,1-5H3;4-8H,9H2,1-3H3;4-8H2,1-3H3;9H,1,5,8H2,2-4H3;8H,1-5H3;1-4H3;1H,2-4H3;1-4H3/q;;;;;;;+1/t9-,10-;;;;;;;/m0......./s1. The highest BCUT2D eigenvalue weighted by molar-refractivity contribution is 7.90. The molecule has 2 fully saturated rings. The number of carbonyl (C=O) groups is 1. The molecule has 1 aromatic carbocycles. The van der Waals surface area contributed by atoms with Crippen molar-refractivity contribution in [1.82, 2.24) is 14.5 Å². The van der Waals surface area contributed by atoms with Gasteiger partial charge in [-0.15, -0.1) is 12.3 Å². The number of carbonyl (C=O) groups excluding carboxylic acids is 1. The monoisotopic (exact) mass is 1100 g/mol. The number of methoxy groups -OCH3 is 1. The van der Waals surface area contributed by atoms with Crippen molar-refractivity contribution >= 4 is 16.0 Å². The van der Waals surface area contributed by atoms with Gasteiger partial charge in [0.25, 0.3) is 0 Å². The van der Waals surface area contributed by atoms with Crippen LogP contribution < -0.4 is 15.8 Å². The van der Waals surface area contributed by atoms with Gasteiger partial charge in [-0.05, 0) is 141 Å². The molecule has 2 aliphatic heterocycles. The Balaban J connectivity index is -0.000000257. The fourth-order valence-corrected chi connectivity index (χ4v) is 6.59. The summed E-state index contributed by atoms with van der Waals surface area (Å²) in [7, 11) is -0.142. The summed E-state index contributed by atoms with van der Waals surface area (Å²) < 4.78 is 41.5. The maximum Gasteiger partial charge on any atom is 0.310 e. The number of terminal acetylenes is 1. The van der Waals surface area contributed by atoms with Crippen LogP contribution in [0.15, 0.2) is 42.7 Å². The molecule has 0 unspecified atom stereocenters. The number of hydrogen-bond acceptors (Lipinski definition) is 11. The Hall–Kier alpha value is -3.22. The van der Waals surface area contributed by atoms with Crippen molar-refractivity contribution in [2.45, 2.75) is 241 Å². The van der Waals surface area contributed by atoms with Crippen LogP contribution in [0.3, 0.4) is 0 Å². The summed E-state index contributed by atoms with van der Waals surface area (Å²) in [5.74, 6) is 3.93. The highest BCUT2D eigenvalue weighted by Gasteiger charge is 2.35. The van der Waals surface area contributed by atoms with Crippen LogP contribution in [-0.4, -0.2) is 122 Å². The first-order chi connectivity index (χ1) is 33.5. The summed E-state index contributed by atoms with van der Waals surface area (Å²) in [6, 6.07) is 9.91. The predicted octanol–water partition coefficient (Wildman–Crippen LogP) is 13.8. The molecule has 0 aromatic heterocycles. The minimum atomic E-state index is -3.07. The number of nitroso groups, excluding NO2 is 1. The van der Waals surface area contributed by atoms with Gasteiger partial charge in [-0.2, -0.15) is 0 Å². The first kappa shape index (κ1) is 81.6. The second-order valence-corrected chi connectivity index (χ2v) is 32.0. The van der Waals surface area contributed by atoms with Gasteiger partial charge in [0, 0.05) is 70.4 Å². The molecule has 0 spiro atoms. The topological polar surface area (TPSA) is 164 Å². The normalized spacial score (nSPS) is 16.8. The predicted molar refractivity (Wildman–Crippen MR) is 327 cm³/mol. The molecular weight excluding hydrogens is 975 g/mol. The average molecular weight is 1100 g/mol. The van der Waals surface area contributed by atoms with Crippen LogP contribution in [0.2, 0.25) is 0 Å². The molecule has 0 bridgehead atoms. The van der Waals surface area contributed by atoms with E-state index in [0.717, 1.165) is 56.0 Å². The van der Waals surface area contributed by atoms with Crippen LogP contribution in [0.5, 0.6) is 5.75 Å². The van der Waals surface area contributed by atoms with Gasteiger partial charge in [0.05, 0.1) is 47.5 Å². The highest BCUT2D eigenvalue weighted by atomic mass is 32.2. The van der Waals surface area contributed by atoms with Gasteiger partial charge in [-0.1, -0.05) is 114 Å². The summed E-state index contributed by atoms with van der Waals surface area (Å²) in [4.78, 5) is 23.5. The van der Waals surface area contributed by atoms with Gasteiger partial charge in [0.15, 0.2) is 7.05 Å². The van der Waals surface area contributed by atoms with Crippen molar-refractivity contribution in [3.05, 3.63) is 47.6 Å². The lowest BCUT2D eigenvalue weighted by atomic mass is 9.79. The fourth-order valence-electron chi connectivity index (χ4n) is 5.08. The highest BCUT2D eigenvalue weighted by Crippen LogP contribution is 2.29. The van der Waals surface area contributed by atoms with E-state index in [1.54, 1.807) is 25.1 Å². The van der Waals surface area contributed by atoms with E-state index < -0.39 is 20.4 Å². The van der Waals surface area contributed by atoms with Crippen LogP contribution in [0.4, 0.5) is 0 Å². The van der Waals surface area contributed by atoms with Crippen molar-refractivity contribution in [1.29, 1.82) is 0 Å². The molecule has 1 aromatic rings. The molecule has 0 radical (unpaired) electrons. The summed E-state index contributed by atoms with van der Waals surface area (Å²) in [5.41, 5.74) is 5.13. The minimum absolute atomic E-state index is 0.00694. The fraction of sp³-hybridized carbons (Fsp3) is 0.823. The van der Waals surface area contributed by atoms with E-state index in [-0.39, 0.29) is 38.6 Å². The number of ether oxygens (including phenoxy) is 3. The van der Waals surface area contributed by atoms with Gasteiger partial charge >= 0.3 is 5.97 Å². The molecule has 4 N–H and O–H groups in total. The van der Waals surface area contributed by atoms with Crippen molar-refractivity contribution in [2.24, 2.45) is 38.2 Å². The van der Waals surface area contributed by atoms with Crippen molar-refractivity contribution in [2.75, 3.05) is 60.0 Å². The van der Waals surface area contributed by atoms with E-state index >= 15 is 0 Å². The molecule has 2 atom stereocenters. The molecule has 2 aliphatic rings. The second-order valence-electron chi connectivity index (χ2n) is 29.3. The number of esters is 1. The Bertz CT molecular complexity index is 1840. The smallest absolute Gasteiger partial charge is 0.310 e. The van der Waals surface area contributed by atoms with Gasteiger partial charge in [-0.3, -0.25) is 9.69 Å². The zero-order chi connectivity index (χ0) is 61.8. The Labute approximate surface area is 471 Å². The number of sulfonamides is 1. The van der Waals surface area contributed by atoms with Gasteiger partial charge < -0.3 is 30.4 Å². The minimum Gasteiger partial charge on any atom is -0.493 e. The molecule has 76 heavy (non-hydrogen) atoms. The number of para-hydroxylation sites is 1. The Morgan fingerprint density at radius 2 is 1.16 bits per heavy atom. The molecule has 0 aliphatic carbocycles. The van der Waals surface area contributed by atoms with Gasteiger partial charge in [0.1, 0.15) is 5.75 Å². The molecule has 3 rings (SSSR count). The molecule has 0 saturated carbocycles. The van der Waals surface area contributed by atoms with E-state index in [4.69, 9.17) is 21.6 Å². The molecule has 0 amide bonds. The first-order valence-electron chi connectivity index (χ1n) is 27.4.